The van der Waals surface area contributed by atoms with E-state index >= 15 is 0 Å². The van der Waals surface area contributed by atoms with Crippen molar-refractivity contribution in [1.29, 1.82) is 0 Å². The van der Waals surface area contributed by atoms with Gasteiger partial charge in [-0.1, -0.05) is 17.7 Å². The summed E-state index contributed by atoms with van der Waals surface area (Å²) in [5.74, 6) is -1.80. The molecule has 0 atom stereocenters. The van der Waals surface area contributed by atoms with E-state index in [0.29, 0.717) is 16.3 Å². The van der Waals surface area contributed by atoms with Gasteiger partial charge < -0.3 is 14.8 Å². The van der Waals surface area contributed by atoms with Crippen LogP contribution in [-0.2, 0) is 24.3 Å². The van der Waals surface area contributed by atoms with Crippen LogP contribution in [-0.4, -0.2) is 53.3 Å². The number of anilines is 2. The first kappa shape index (κ1) is 26.1. The van der Waals surface area contributed by atoms with Crippen LogP contribution in [0.15, 0.2) is 36.4 Å². The molecule has 11 heteroatoms. The van der Waals surface area contributed by atoms with Crippen LogP contribution < -0.4 is 9.62 Å². The Labute approximate surface area is 197 Å². The molecule has 0 saturated carbocycles. The van der Waals surface area contributed by atoms with Crippen LogP contribution in [0.2, 0.25) is 5.02 Å². The maximum atomic E-state index is 12.5. The number of esters is 2. The summed E-state index contributed by atoms with van der Waals surface area (Å²) >= 11 is 6.12. The molecule has 2 rings (SSSR count). The highest BCUT2D eigenvalue weighted by Gasteiger charge is 2.21. The zero-order chi connectivity index (χ0) is 24.8. The van der Waals surface area contributed by atoms with Gasteiger partial charge in [0.25, 0.3) is 0 Å². The van der Waals surface area contributed by atoms with Crippen molar-refractivity contribution in [2.45, 2.75) is 19.8 Å². The summed E-state index contributed by atoms with van der Waals surface area (Å²) in [6.07, 6.45) is 1.22. The third kappa shape index (κ3) is 6.69. The molecule has 0 heterocycles. The average Bonchev–Trinajstić information content (AvgIpc) is 2.77. The number of carbonyl (C=O) groups excluding carboxylic acids is 3. The largest absolute Gasteiger partial charge is 0.465 e. The number of sulfonamides is 1. The van der Waals surface area contributed by atoms with Crippen molar-refractivity contribution in [1.82, 2.24) is 0 Å². The van der Waals surface area contributed by atoms with Crippen molar-refractivity contribution in [2.75, 3.05) is 36.6 Å². The molecule has 0 aromatic heterocycles. The van der Waals surface area contributed by atoms with Crippen molar-refractivity contribution < 1.29 is 32.3 Å². The fourth-order valence-electron chi connectivity index (χ4n) is 3.11. The predicted molar refractivity (Wildman–Crippen MR) is 125 cm³/mol. The van der Waals surface area contributed by atoms with Gasteiger partial charge in [-0.05, 0) is 49.2 Å². The monoisotopic (exact) mass is 496 g/mol. The Morgan fingerprint density at radius 2 is 1.73 bits per heavy atom. The minimum atomic E-state index is -3.62. The van der Waals surface area contributed by atoms with Gasteiger partial charge in [0.15, 0.2) is 0 Å². The first-order chi connectivity index (χ1) is 15.5. The van der Waals surface area contributed by atoms with Crippen molar-refractivity contribution >= 4 is 50.8 Å². The number of nitrogens with zero attached hydrogens (tertiary/aromatic N) is 1. The van der Waals surface area contributed by atoms with Crippen molar-refractivity contribution in [3.63, 3.8) is 0 Å². The van der Waals surface area contributed by atoms with Crippen molar-refractivity contribution in [3.8, 4) is 0 Å². The molecule has 0 spiro atoms. The second-order valence-electron chi connectivity index (χ2n) is 7.11. The topological polar surface area (TPSA) is 119 Å². The predicted octanol–water partition coefficient (Wildman–Crippen LogP) is 3.41. The maximum absolute atomic E-state index is 12.5. The lowest BCUT2D eigenvalue weighted by atomic mass is 10.1. The SMILES string of the molecule is COC(=O)c1ccc(C(=O)OC)c(NC(=O)CCCN(c2cccc(Cl)c2C)S(C)(=O)=O)c1. The molecule has 1 N–H and O–H groups in total. The summed E-state index contributed by atoms with van der Waals surface area (Å²) in [7, 11) is -1.22. The van der Waals surface area contributed by atoms with Gasteiger partial charge in [0, 0.05) is 18.0 Å². The fraction of sp³-hybridized carbons (Fsp3) is 0.318. The lowest BCUT2D eigenvalue weighted by molar-refractivity contribution is -0.116. The lowest BCUT2D eigenvalue weighted by Crippen LogP contribution is -2.32. The fourth-order valence-corrected chi connectivity index (χ4v) is 4.29. The summed E-state index contributed by atoms with van der Waals surface area (Å²) in [6.45, 7) is 1.75. The Balaban J connectivity index is 2.16. The van der Waals surface area contributed by atoms with Gasteiger partial charge in [0.2, 0.25) is 15.9 Å². The number of nitrogens with one attached hydrogen (secondary N) is 1. The van der Waals surface area contributed by atoms with Gasteiger partial charge in [-0.15, -0.1) is 0 Å². The van der Waals surface area contributed by atoms with E-state index < -0.39 is 27.9 Å². The molecule has 0 bridgehead atoms. The molecular formula is C22H25ClN2O7S. The van der Waals surface area contributed by atoms with E-state index in [-0.39, 0.29) is 36.2 Å². The van der Waals surface area contributed by atoms with E-state index in [2.05, 4.69) is 10.1 Å². The molecule has 0 radical (unpaired) electrons. The molecule has 0 aliphatic rings. The van der Waals surface area contributed by atoms with Gasteiger partial charge in [0.05, 0.1) is 43.0 Å². The Morgan fingerprint density at radius 1 is 1.06 bits per heavy atom. The van der Waals surface area contributed by atoms with E-state index in [1.165, 1.54) is 36.7 Å². The summed E-state index contributed by atoms with van der Waals surface area (Å²) in [5.41, 5.74) is 1.33. The van der Waals surface area contributed by atoms with Gasteiger partial charge in [-0.25, -0.2) is 18.0 Å². The third-order valence-electron chi connectivity index (χ3n) is 4.79. The Morgan fingerprint density at radius 3 is 2.33 bits per heavy atom. The molecule has 9 nitrogen and oxygen atoms in total. The standard InChI is InChI=1S/C22H25ClN2O7S/c1-14-17(23)7-5-8-19(14)25(33(4,29)30)12-6-9-20(26)24-18-13-15(21(27)31-2)10-11-16(18)22(28)32-3/h5,7-8,10-11,13H,6,9,12H2,1-4H3,(H,24,26). The van der Waals surface area contributed by atoms with Crippen LogP contribution in [0, 0.1) is 6.92 Å². The van der Waals surface area contributed by atoms with Crippen LogP contribution in [0.25, 0.3) is 0 Å². The first-order valence-electron chi connectivity index (χ1n) is 9.83. The number of hydrogen-bond donors (Lipinski definition) is 1. The quantitative estimate of drug-likeness (QED) is 0.528. The molecule has 0 fully saturated rings. The van der Waals surface area contributed by atoms with Gasteiger partial charge >= 0.3 is 11.9 Å². The molecule has 2 aromatic rings. The molecular weight excluding hydrogens is 472 g/mol. The number of ether oxygens (including phenoxy) is 2. The summed E-state index contributed by atoms with van der Waals surface area (Å²) < 4.78 is 35.2. The second-order valence-corrected chi connectivity index (χ2v) is 9.43. The number of halogens is 1. The molecule has 1 amide bonds. The highest BCUT2D eigenvalue weighted by molar-refractivity contribution is 7.92. The number of carbonyl (C=O) groups is 3. The highest BCUT2D eigenvalue weighted by Crippen LogP contribution is 2.28. The van der Waals surface area contributed by atoms with Crippen LogP contribution in [0.3, 0.4) is 0 Å². The molecule has 0 saturated heterocycles. The highest BCUT2D eigenvalue weighted by atomic mass is 35.5. The van der Waals surface area contributed by atoms with E-state index in [1.807, 2.05) is 0 Å². The van der Waals surface area contributed by atoms with Gasteiger partial charge in [-0.2, -0.15) is 0 Å². The number of hydrogen-bond acceptors (Lipinski definition) is 7. The Bertz CT molecular complexity index is 1170. The number of benzene rings is 2. The number of rotatable bonds is 9. The van der Waals surface area contributed by atoms with Crippen LogP contribution in [0.5, 0.6) is 0 Å². The molecule has 2 aromatic carbocycles. The average molecular weight is 497 g/mol. The minimum Gasteiger partial charge on any atom is -0.465 e. The maximum Gasteiger partial charge on any atom is 0.339 e. The minimum absolute atomic E-state index is 0.0412. The molecule has 178 valence electrons. The van der Waals surface area contributed by atoms with Crippen LogP contribution in [0.4, 0.5) is 11.4 Å². The second kappa shape index (κ2) is 11.2. The van der Waals surface area contributed by atoms with Crippen LogP contribution >= 0.6 is 11.6 Å². The van der Waals surface area contributed by atoms with E-state index in [1.54, 1.807) is 25.1 Å². The zero-order valence-corrected chi connectivity index (χ0v) is 20.2. The molecule has 0 aliphatic heterocycles. The van der Waals surface area contributed by atoms with Crippen molar-refractivity contribution in [2.24, 2.45) is 0 Å². The molecule has 0 aliphatic carbocycles. The smallest absolute Gasteiger partial charge is 0.339 e. The first-order valence-corrected chi connectivity index (χ1v) is 12.1. The van der Waals surface area contributed by atoms with E-state index in [0.717, 1.165) is 6.26 Å². The van der Waals surface area contributed by atoms with Crippen LogP contribution in [0.1, 0.15) is 39.1 Å². The summed E-state index contributed by atoms with van der Waals surface area (Å²) in [4.78, 5) is 36.4. The summed E-state index contributed by atoms with van der Waals surface area (Å²) in [5, 5.41) is 3.01. The Hall–Kier alpha value is -3.11. The zero-order valence-electron chi connectivity index (χ0n) is 18.7. The van der Waals surface area contributed by atoms with E-state index in [9.17, 15) is 22.8 Å². The van der Waals surface area contributed by atoms with Gasteiger partial charge in [0.1, 0.15) is 0 Å². The molecule has 0 unspecified atom stereocenters. The molecule has 33 heavy (non-hydrogen) atoms. The lowest BCUT2D eigenvalue weighted by Gasteiger charge is -2.24. The third-order valence-corrected chi connectivity index (χ3v) is 6.38. The Kier molecular flexibility index (Phi) is 8.84. The van der Waals surface area contributed by atoms with Crippen molar-refractivity contribution in [3.05, 3.63) is 58.1 Å². The number of amides is 1. The van der Waals surface area contributed by atoms with Gasteiger partial charge in [-0.3, -0.25) is 9.10 Å². The normalized spacial score (nSPS) is 10.9. The summed E-state index contributed by atoms with van der Waals surface area (Å²) in [6, 6.07) is 9.00. The number of methoxy groups -OCH3 is 2. The van der Waals surface area contributed by atoms with E-state index in [4.69, 9.17) is 16.3 Å².